The summed E-state index contributed by atoms with van der Waals surface area (Å²) in [5.74, 6) is 2.77. The minimum absolute atomic E-state index is 0.257. The molecule has 0 bridgehead atoms. The molecule has 0 atom stereocenters. The topological polar surface area (TPSA) is 83.0 Å². The van der Waals surface area contributed by atoms with Crippen molar-refractivity contribution in [3.63, 3.8) is 0 Å². The van der Waals surface area contributed by atoms with E-state index in [2.05, 4.69) is 59.5 Å². The molecule has 0 saturated carbocycles. The van der Waals surface area contributed by atoms with Gasteiger partial charge in [0.25, 0.3) is 0 Å². The summed E-state index contributed by atoms with van der Waals surface area (Å²) in [4.78, 5) is 6.45. The number of nitrogens with one attached hydrogen (secondary N) is 2. The summed E-state index contributed by atoms with van der Waals surface area (Å²) < 4.78 is 29.0. The molecule has 2 rings (SSSR count). The van der Waals surface area contributed by atoms with Crippen LogP contribution in [-0.2, 0) is 16.4 Å². The van der Waals surface area contributed by atoms with Gasteiger partial charge in [0.2, 0.25) is 0 Å². The van der Waals surface area contributed by atoms with Crippen LogP contribution in [0.15, 0.2) is 23.2 Å². The summed E-state index contributed by atoms with van der Waals surface area (Å²) in [6.45, 7) is 10.5. The van der Waals surface area contributed by atoms with Crippen molar-refractivity contribution in [3.8, 4) is 5.75 Å². The van der Waals surface area contributed by atoms with E-state index in [9.17, 15) is 8.42 Å². The van der Waals surface area contributed by atoms with Gasteiger partial charge < -0.3 is 15.4 Å². The van der Waals surface area contributed by atoms with Crippen LogP contribution in [0.3, 0.4) is 0 Å². The van der Waals surface area contributed by atoms with Crippen LogP contribution < -0.4 is 15.4 Å². The fraction of sp³-hybridized carbons (Fsp3) is 0.667. The molecule has 7 nitrogen and oxygen atoms in total. The highest BCUT2D eigenvalue weighted by molar-refractivity contribution is 7.91. The smallest absolute Gasteiger partial charge is 0.191 e. The Hall–Kier alpha value is -1.80. The lowest BCUT2D eigenvalue weighted by Gasteiger charge is -2.26. The number of ether oxygens (including phenoxy) is 1. The van der Waals surface area contributed by atoms with E-state index in [1.54, 1.807) is 7.05 Å². The third-order valence-electron chi connectivity index (χ3n) is 5.00. The monoisotopic (exact) mass is 424 g/mol. The highest BCUT2D eigenvalue weighted by Gasteiger charge is 2.20. The maximum absolute atomic E-state index is 11.5. The Morgan fingerprint density at radius 1 is 1.24 bits per heavy atom. The lowest BCUT2D eigenvalue weighted by atomic mass is 10.1. The molecule has 0 aliphatic carbocycles. The van der Waals surface area contributed by atoms with E-state index in [0.717, 1.165) is 30.2 Å². The van der Waals surface area contributed by atoms with Crippen LogP contribution in [-0.4, -0.2) is 70.6 Å². The van der Waals surface area contributed by atoms with Gasteiger partial charge in [-0.1, -0.05) is 26.0 Å². The quantitative estimate of drug-likeness (QED) is 0.465. The second-order valence-electron chi connectivity index (χ2n) is 7.99. The molecule has 1 aliphatic rings. The predicted molar refractivity (Wildman–Crippen MR) is 119 cm³/mol. The SMILES string of the molecule is CN=C(NCCN1CCS(=O)(=O)CC1)NCc1ccc(C)cc1OCCC(C)C. The average molecular weight is 425 g/mol. The molecule has 2 N–H and O–H groups in total. The molecule has 1 aromatic rings. The van der Waals surface area contributed by atoms with Crippen molar-refractivity contribution in [2.24, 2.45) is 10.9 Å². The number of rotatable bonds is 9. The third kappa shape index (κ3) is 8.62. The van der Waals surface area contributed by atoms with Crippen molar-refractivity contribution >= 4 is 15.8 Å². The molecule has 0 radical (unpaired) electrons. The van der Waals surface area contributed by atoms with Gasteiger partial charge in [-0.2, -0.15) is 0 Å². The minimum atomic E-state index is -2.83. The summed E-state index contributed by atoms with van der Waals surface area (Å²) in [6, 6.07) is 6.26. The van der Waals surface area contributed by atoms with E-state index in [0.29, 0.717) is 38.7 Å². The van der Waals surface area contributed by atoms with Crippen LogP contribution in [0.4, 0.5) is 0 Å². The van der Waals surface area contributed by atoms with Gasteiger partial charge >= 0.3 is 0 Å². The van der Waals surface area contributed by atoms with Gasteiger partial charge in [-0.3, -0.25) is 9.89 Å². The highest BCUT2D eigenvalue weighted by Crippen LogP contribution is 2.21. The van der Waals surface area contributed by atoms with Gasteiger partial charge in [0.15, 0.2) is 15.8 Å². The normalized spacial score (nSPS) is 17.3. The highest BCUT2D eigenvalue weighted by atomic mass is 32.2. The summed E-state index contributed by atoms with van der Waals surface area (Å²) in [5.41, 5.74) is 2.28. The summed E-state index contributed by atoms with van der Waals surface area (Å²) in [6.07, 6.45) is 1.03. The van der Waals surface area contributed by atoms with E-state index < -0.39 is 9.84 Å². The lowest BCUT2D eigenvalue weighted by molar-refractivity contribution is 0.286. The number of nitrogens with zero attached hydrogens (tertiary/aromatic N) is 2. The molecule has 0 aromatic heterocycles. The van der Waals surface area contributed by atoms with Gasteiger partial charge in [0, 0.05) is 45.3 Å². The van der Waals surface area contributed by atoms with Crippen LogP contribution in [0.5, 0.6) is 5.75 Å². The molecule has 1 heterocycles. The van der Waals surface area contributed by atoms with Gasteiger partial charge in [0.1, 0.15) is 5.75 Å². The van der Waals surface area contributed by atoms with Crippen LogP contribution in [0.1, 0.15) is 31.4 Å². The Bertz CT molecular complexity index is 764. The van der Waals surface area contributed by atoms with Crippen molar-refractivity contribution in [1.82, 2.24) is 15.5 Å². The number of hydrogen-bond acceptors (Lipinski definition) is 5. The standard InChI is InChI=1S/C21H36N4O3S/c1-17(2)7-12-28-20-15-18(3)5-6-19(20)16-24-21(22-4)23-8-9-25-10-13-29(26,27)14-11-25/h5-6,15,17H,7-14,16H2,1-4H3,(H2,22,23,24). The second kappa shape index (κ2) is 11.4. The zero-order valence-electron chi connectivity index (χ0n) is 18.2. The maximum atomic E-state index is 11.5. The first-order chi connectivity index (χ1) is 13.8. The summed E-state index contributed by atoms with van der Waals surface area (Å²) >= 11 is 0. The Balaban J connectivity index is 1.79. The number of aryl methyl sites for hydroxylation is 1. The van der Waals surface area contributed by atoms with E-state index >= 15 is 0 Å². The van der Waals surface area contributed by atoms with E-state index in [4.69, 9.17) is 4.74 Å². The molecule has 164 valence electrons. The predicted octanol–water partition coefficient (Wildman–Crippen LogP) is 1.82. The van der Waals surface area contributed by atoms with Gasteiger partial charge in [-0.05, 0) is 30.9 Å². The van der Waals surface area contributed by atoms with Crippen molar-refractivity contribution in [3.05, 3.63) is 29.3 Å². The molecule has 1 aromatic carbocycles. The number of guanidine groups is 1. The molecular formula is C21H36N4O3S. The van der Waals surface area contributed by atoms with E-state index in [-0.39, 0.29) is 11.5 Å². The van der Waals surface area contributed by atoms with Crippen molar-refractivity contribution in [2.75, 3.05) is 51.3 Å². The molecule has 0 unspecified atom stereocenters. The first-order valence-electron chi connectivity index (χ1n) is 10.4. The molecule has 1 aliphatic heterocycles. The van der Waals surface area contributed by atoms with Crippen molar-refractivity contribution in [1.29, 1.82) is 0 Å². The third-order valence-corrected chi connectivity index (χ3v) is 6.61. The van der Waals surface area contributed by atoms with Crippen LogP contribution in [0.2, 0.25) is 0 Å². The molecule has 1 fully saturated rings. The molecule has 0 spiro atoms. The second-order valence-corrected chi connectivity index (χ2v) is 10.3. The summed E-state index contributed by atoms with van der Waals surface area (Å²) in [7, 11) is -1.08. The zero-order chi connectivity index (χ0) is 21.3. The fourth-order valence-electron chi connectivity index (χ4n) is 3.05. The average Bonchev–Trinajstić information content (AvgIpc) is 2.66. The molecular weight excluding hydrogens is 388 g/mol. The Kier molecular flexibility index (Phi) is 9.23. The molecule has 29 heavy (non-hydrogen) atoms. The van der Waals surface area contributed by atoms with Crippen LogP contribution >= 0.6 is 0 Å². The summed E-state index contributed by atoms with van der Waals surface area (Å²) in [5, 5.41) is 6.64. The first-order valence-corrected chi connectivity index (χ1v) is 12.2. The largest absolute Gasteiger partial charge is 0.493 e. The molecule has 0 amide bonds. The molecule has 1 saturated heterocycles. The Morgan fingerprint density at radius 3 is 2.62 bits per heavy atom. The first kappa shape index (κ1) is 23.5. The fourth-order valence-corrected chi connectivity index (χ4v) is 4.33. The van der Waals surface area contributed by atoms with E-state index in [1.165, 1.54) is 5.56 Å². The Labute approximate surface area is 175 Å². The minimum Gasteiger partial charge on any atom is -0.493 e. The van der Waals surface area contributed by atoms with Gasteiger partial charge in [0.05, 0.1) is 18.1 Å². The van der Waals surface area contributed by atoms with Crippen LogP contribution in [0, 0.1) is 12.8 Å². The lowest BCUT2D eigenvalue weighted by Crippen LogP contribution is -2.45. The number of benzene rings is 1. The van der Waals surface area contributed by atoms with Crippen molar-refractivity contribution in [2.45, 2.75) is 33.7 Å². The van der Waals surface area contributed by atoms with E-state index in [1.807, 2.05) is 0 Å². The Morgan fingerprint density at radius 2 is 1.97 bits per heavy atom. The van der Waals surface area contributed by atoms with Crippen LogP contribution in [0.25, 0.3) is 0 Å². The van der Waals surface area contributed by atoms with Gasteiger partial charge in [-0.25, -0.2) is 8.42 Å². The molecule has 8 heteroatoms. The zero-order valence-corrected chi connectivity index (χ0v) is 19.0. The number of sulfone groups is 1. The number of hydrogen-bond donors (Lipinski definition) is 2. The number of aliphatic imine (C=N–C) groups is 1. The maximum Gasteiger partial charge on any atom is 0.191 e. The van der Waals surface area contributed by atoms with Crippen molar-refractivity contribution < 1.29 is 13.2 Å². The van der Waals surface area contributed by atoms with Gasteiger partial charge in [-0.15, -0.1) is 0 Å².